The molecule has 0 radical (unpaired) electrons. The lowest BCUT2D eigenvalue weighted by Crippen LogP contribution is -2.59. The summed E-state index contributed by atoms with van der Waals surface area (Å²) < 4.78 is 9.74. The number of carbonyl (C=O) groups excluding carboxylic acids is 1. The third-order valence-corrected chi connectivity index (χ3v) is 3.56. The molecule has 4 N–H and O–H groups in total. The Balaban J connectivity index is 2.25. The molecule has 0 bridgehead atoms. The molecule has 0 spiro atoms. The zero-order valence-electron chi connectivity index (χ0n) is 12.4. The number of ether oxygens (including phenoxy) is 2. The molecule has 1 saturated heterocycles. The van der Waals surface area contributed by atoms with E-state index in [1.54, 1.807) is 0 Å². The molecule has 5 atom stereocenters. The van der Waals surface area contributed by atoms with Crippen molar-refractivity contribution >= 4 is 5.97 Å². The molecule has 7 nitrogen and oxygen atoms in total. The maximum Gasteiger partial charge on any atom is 0.338 e. The highest BCUT2D eigenvalue weighted by atomic mass is 16.7. The highest BCUT2D eigenvalue weighted by molar-refractivity contribution is 5.75. The van der Waals surface area contributed by atoms with E-state index in [2.05, 4.69) is 6.92 Å². The van der Waals surface area contributed by atoms with Gasteiger partial charge in [0.05, 0.1) is 6.61 Å². The van der Waals surface area contributed by atoms with Gasteiger partial charge in [-0.05, 0) is 6.42 Å². The van der Waals surface area contributed by atoms with Crippen molar-refractivity contribution in [2.24, 2.45) is 0 Å². The van der Waals surface area contributed by atoms with Gasteiger partial charge in [-0.1, -0.05) is 39.0 Å². The normalized spacial score (nSPS) is 32.9. The van der Waals surface area contributed by atoms with Crippen LogP contribution in [0.2, 0.25) is 0 Å². The van der Waals surface area contributed by atoms with E-state index in [4.69, 9.17) is 9.47 Å². The zero-order chi connectivity index (χ0) is 15.8. The molecule has 0 aliphatic carbocycles. The fraction of sp³-hybridized carbons (Fsp3) is 0.929. The first-order chi connectivity index (χ1) is 9.99. The molecule has 0 aromatic heterocycles. The average molecular weight is 306 g/mol. The summed E-state index contributed by atoms with van der Waals surface area (Å²) >= 11 is 0. The number of aliphatic hydroxyl groups is 4. The summed E-state index contributed by atoms with van der Waals surface area (Å²) in [5, 5.41) is 37.8. The van der Waals surface area contributed by atoms with E-state index in [9.17, 15) is 25.2 Å². The van der Waals surface area contributed by atoms with Crippen LogP contribution in [-0.4, -0.2) is 63.7 Å². The van der Waals surface area contributed by atoms with Crippen LogP contribution in [0.1, 0.15) is 45.4 Å². The van der Waals surface area contributed by atoms with Crippen LogP contribution in [-0.2, 0) is 14.3 Å². The molecule has 1 rings (SSSR count). The summed E-state index contributed by atoms with van der Waals surface area (Å²) in [6.45, 7) is 2.34. The summed E-state index contributed by atoms with van der Waals surface area (Å²) in [6, 6.07) is 0. The van der Waals surface area contributed by atoms with Gasteiger partial charge in [0.15, 0.2) is 12.4 Å². The third-order valence-electron chi connectivity index (χ3n) is 3.56. The van der Waals surface area contributed by atoms with Crippen LogP contribution in [0.5, 0.6) is 0 Å². The first-order valence-corrected chi connectivity index (χ1v) is 7.53. The quantitative estimate of drug-likeness (QED) is 0.359. The average Bonchev–Trinajstić information content (AvgIpc) is 2.47. The van der Waals surface area contributed by atoms with Crippen LogP contribution < -0.4 is 0 Å². The van der Waals surface area contributed by atoms with Gasteiger partial charge in [0.25, 0.3) is 0 Å². The summed E-state index contributed by atoms with van der Waals surface area (Å²) in [6.07, 6.45) is -1.88. The van der Waals surface area contributed by atoms with Crippen molar-refractivity contribution in [3.63, 3.8) is 0 Å². The van der Waals surface area contributed by atoms with Gasteiger partial charge in [0, 0.05) is 0 Å². The lowest BCUT2D eigenvalue weighted by atomic mass is 9.99. The van der Waals surface area contributed by atoms with E-state index in [1.807, 2.05) is 0 Å². The Labute approximate surface area is 124 Å². The Hall–Kier alpha value is -0.730. The van der Waals surface area contributed by atoms with Crippen LogP contribution in [0, 0.1) is 0 Å². The van der Waals surface area contributed by atoms with E-state index in [0.717, 1.165) is 19.3 Å². The van der Waals surface area contributed by atoms with Crippen LogP contribution in [0.3, 0.4) is 0 Å². The summed E-state index contributed by atoms with van der Waals surface area (Å²) in [5.41, 5.74) is 0. The highest BCUT2D eigenvalue weighted by Gasteiger charge is 2.46. The second-order valence-electron chi connectivity index (χ2n) is 5.35. The Morgan fingerprint density at radius 1 is 0.952 bits per heavy atom. The smallest absolute Gasteiger partial charge is 0.338 e. The first-order valence-electron chi connectivity index (χ1n) is 7.53. The monoisotopic (exact) mass is 306 g/mol. The minimum absolute atomic E-state index is 0.201. The highest BCUT2D eigenvalue weighted by Crippen LogP contribution is 2.20. The molecule has 0 amide bonds. The topological polar surface area (TPSA) is 116 Å². The summed E-state index contributed by atoms with van der Waals surface area (Å²) in [7, 11) is 0. The standard InChI is InChI=1S/C14H26O7/c1-2-3-4-5-6-7-8-20-14(19)12-10(16)9(15)11(17)13(18)21-12/h9-13,15-18H,2-8H2,1H3/t9-,10-,11+,12-,13+/m0/s1. The van der Waals surface area contributed by atoms with E-state index in [1.165, 1.54) is 12.8 Å². The molecule has 1 aliphatic rings. The van der Waals surface area contributed by atoms with Crippen LogP contribution in [0.25, 0.3) is 0 Å². The maximum atomic E-state index is 11.7. The molecule has 0 aromatic rings. The van der Waals surface area contributed by atoms with Gasteiger partial charge in [0.1, 0.15) is 18.3 Å². The zero-order valence-corrected chi connectivity index (χ0v) is 12.4. The van der Waals surface area contributed by atoms with Gasteiger partial charge >= 0.3 is 5.97 Å². The fourth-order valence-electron chi connectivity index (χ4n) is 2.19. The largest absolute Gasteiger partial charge is 0.464 e. The van der Waals surface area contributed by atoms with Crippen molar-refractivity contribution in [2.45, 2.75) is 76.2 Å². The number of unbranched alkanes of at least 4 members (excludes halogenated alkanes) is 5. The number of hydrogen-bond donors (Lipinski definition) is 4. The van der Waals surface area contributed by atoms with Crippen molar-refractivity contribution in [3.05, 3.63) is 0 Å². The molecular formula is C14H26O7. The van der Waals surface area contributed by atoms with Crippen molar-refractivity contribution in [1.29, 1.82) is 0 Å². The number of rotatable bonds is 8. The third kappa shape index (κ3) is 5.52. The van der Waals surface area contributed by atoms with Crippen molar-refractivity contribution in [1.82, 2.24) is 0 Å². The van der Waals surface area contributed by atoms with E-state index in [0.29, 0.717) is 6.42 Å². The Kier molecular flexibility index (Phi) is 8.13. The maximum absolute atomic E-state index is 11.7. The minimum Gasteiger partial charge on any atom is -0.464 e. The van der Waals surface area contributed by atoms with Crippen molar-refractivity contribution in [3.8, 4) is 0 Å². The molecule has 21 heavy (non-hydrogen) atoms. The molecule has 0 unspecified atom stereocenters. The molecule has 0 aromatic carbocycles. The van der Waals surface area contributed by atoms with Gasteiger partial charge in [-0.3, -0.25) is 0 Å². The van der Waals surface area contributed by atoms with Crippen LogP contribution in [0.4, 0.5) is 0 Å². The van der Waals surface area contributed by atoms with Crippen LogP contribution >= 0.6 is 0 Å². The Morgan fingerprint density at radius 3 is 2.24 bits per heavy atom. The number of carbonyl (C=O) groups is 1. The Bertz CT molecular complexity index is 310. The van der Waals surface area contributed by atoms with Gasteiger partial charge in [-0.25, -0.2) is 4.79 Å². The van der Waals surface area contributed by atoms with Gasteiger partial charge in [0.2, 0.25) is 0 Å². The SMILES string of the molecule is CCCCCCCCOC(=O)[C@H]1O[C@@H](O)[C@H](O)[C@@H](O)[C@@H]1O. The van der Waals surface area contributed by atoms with Gasteiger partial charge < -0.3 is 29.9 Å². The lowest BCUT2D eigenvalue weighted by molar-refractivity contribution is -0.281. The van der Waals surface area contributed by atoms with Crippen LogP contribution in [0.15, 0.2) is 0 Å². The predicted octanol–water partition coefficient (Wildman–Crippen LogP) is -0.310. The fourth-order valence-corrected chi connectivity index (χ4v) is 2.19. The molecule has 1 heterocycles. The Morgan fingerprint density at radius 2 is 1.57 bits per heavy atom. The van der Waals surface area contributed by atoms with E-state index >= 15 is 0 Å². The van der Waals surface area contributed by atoms with E-state index in [-0.39, 0.29) is 6.61 Å². The number of hydrogen-bond acceptors (Lipinski definition) is 7. The molecule has 1 aliphatic heterocycles. The molecule has 1 fully saturated rings. The van der Waals surface area contributed by atoms with Gasteiger partial charge in [-0.2, -0.15) is 0 Å². The van der Waals surface area contributed by atoms with E-state index < -0.39 is 36.7 Å². The summed E-state index contributed by atoms with van der Waals surface area (Å²) in [4.78, 5) is 11.7. The molecule has 0 saturated carbocycles. The minimum atomic E-state index is -1.73. The lowest BCUT2D eigenvalue weighted by Gasteiger charge is -2.36. The second kappa shape index (κ2) is 9.32. The molecule has 124 valence electrons. The van der Waals surface area contributed by atoms with Gasteiger partial charge in [-0.15, -0.1) is 0 Å². The van der Waals surface area contributed by atoms with Crippen molar-refractivity contribution in [2.75, 3.05) is 6.61 Å². The van der Waals surface area contributed by atoms with Crippen molar-refractivity contribution < 1.29 is 34.7 Å². The molecular weight excluding hydrogens is 280 g/mol. The number of esters is 1. The summed E-state index contributed by atoms with van der Waals surface area (Å²) in [5.74, 6) is -0.846. The predicted molar refractivity (Wildman–Crippen MR) is 73.2 cm³/mol. The molecule has 7 heteroatoms. The second-order valence-corrected chi connectivity index (χ2v) is 5.35. The number of aliphatic hydroxyl groups excluding tert-OH is 4. The first kappa shape index (κ1) is 18.3.